The van der Waals surface area contributed by atoms with Crippen molar-refractivity contribution in [1.29, 1.82) is 0 Å². The van der Waals surface area contributed by atoms with Gasteiger partial charge in [-0.15, -0.1) is 0 Å². The molecule has 0 unspecified atom stereocenters. The monoisotopic (exact) mass is 341 g/mol. The zero-order chi connectivity index (χ0) is 16.2. The lowest BCUT2D eigenvalue weighted by molar-refractivity contribution is -0.0498. The van der Waals surface area contributed by atoms with Gasteiger partial charge in [0.25, 0.3) is 0 Å². The summed E-state index contributed by atoms with van der Waals surface area (Å²) in [5.41, 5.74) is 0.927. The lowest BCUT2D eigenvalue weighted by atomic mass is 10.1. The Morgan fingerprint density at radius 2 is 2.17 bits per heavy atom. The van der Waals surface area contributed by atoms with Gasteiger partial charge in [-0.2, -0.15) is 13.2 Å². The van der Waals surface area contributed by atoms with Crippen LogP contribution in [0, 0.1) is 0 Å². The summed E-state index contributed by atoms with van der Waals surface area (Å²) in [7, 11) is 0. The summed E-state index contributed by atoms with van der Waals surface area (Å²) in [6.07, 6.45) is 0.689. The van der Waals surface area contributed by atoms with E-state index in [9.17, 15) is 8.78 Å². The van der Waals surface area contributed by atoms with Crippen molar-refractivity contribution in [2.75, 3.05) is 24.6 Å². The molecule has 1 aromatic carbocycles. The van der Waals surface area contributed by atoms with Crippen LogP contribution >= 0.6 is 11.5 Å². The fourth-order valence-corrected chi connectivity index (χ4v) is 3.19. The molecule has 124 valence electrons. The van der Waals surface area contributed by atoms with Crippen molar-refractivity contribution in [3.63, 3.8) is 0 Å². The average molecular weight is 341 g/mol. The van der Waals surface area contributed by atoms with E-state index in [1.165, 1.54) is 23.7 Å². The van der Waals surface area contributed by atoms with Crippen LogP contribution in [0.1, 0.15) is 24.4 Å². The number of benzene rings is 1. The van der Waals surface area contributed by atoms with Gasteiger partial charge in [0.2, 0.25) is 5.13 Å². The molecule has 0 radical (unpaired) electrons. The molecule has 0 amide bonds. The van der Waals surface area contributed by atoms with Gasteiger partial charge in [0, 0.05) is 24.5 Å². The molecule has 0 saturated carbocycles. The average Bonchev–Trinajstić information content (AvgIpc) is 3.04. The number of halogens is 2. The summed E-state index contributed by atoms with van der Waals surface area (Å²) in [4.78, 5) is 6.65. The van der Waals surface area contributed by atoms with E-state index in [4.69, 9.17) is 4.74 Å². The van der Waals surface area contributed by atoms with Crippen molar-refractivity contribution in [1.82, 2.24) is 9.36 Å². The number of anilines is 1. The van der Waals surface area contributed by atoms with Crippen LogP contribution in [-0.4, -0.2) is 35.7 Å². The Morgan fingerprint density at radius 1 is 1.39 bits per heavy atom. The van der Waals surface area contributed by atoms with Gasteiger partial charge in [-0.05, 0) is 17.7 Å². The molecule has 1 aliphatic rings. The van der Waals surface area contributed by atoms with Gasteiger partial charge in [-0.25, -0.2) is 4.98 Å². The molecule has 1 saturated heterocycles. The van der Waals surface area contributed by atoms with E-state index in [-0.39, 0.29) is 11.9 Å². The quantitative estimate of drug-likeness (QED) is 0.835. The molecule has 0 spiro atoms. The minimum atomic E-state index is -2.81. The molecule has 1 atom stereocenters. The Bertz CT molecular complexity index is 636. The largest absolute Gasteiger partial charge is 0.435 e. The molecule has 2 heterocycles. The highest BCUT2D eigenvalue weighted by molar-refractivity contribution is 7.09. The first-order chi connectivity index (χ1) is 11.2. The molecule has 5 nitrogen and oxygen atoms in total. The highest BCUT2D eigenvalue weighted by atomic mass is 32.1. The Morgan fingerprint density at radius 3 is 2.83 bits per heavy atom. The Labute approximate surface area is 137 Å². The summed E-state index contributed by atoms with van der Waals surface area (Å²) in [6, 6.07) is 6.57. The van der Waals surface area contributed by atoms with Gasteiger partial charge in [0.15, 0.2) is 0 Å². The van der Waals surface area contributed by atoms with Crippen LogP contribution in [0.2, 0.25) is 0 Å². The third-order valence-corrected chi connectivity index (χ3v) is 4.40. The van der Waals surface area contributed by atoms with E-state index >= 15 is 0 Å². The van der Waals surface area contributed by atoms with Crippen LogP contribution in [0.25, 0.3) is 0 Å². The summed E-state index contributed by atoms with van der Waals surface area (Å²) in [5, 5.41) is 0.896. The van der Waals surface area contributed by atoms with Crippen molar-refractivity contribution in [2.24, 2.45) is 0 Å². The maximum Gasteiger partial charge on any atom is 0.387 e. The molecule has 0 bridgehead atoms. The molecule has 8 heteroatoms. The maximum atomic E-state index is 12.2. The molecule has 0 aliphatic carbocycles. The van der Waals surface area contributed by atoms with Gasteiger partial charge >= 0.3 is 6.61 Å². The zero-order valence-electron chi connectivity index (χ0n) is 12.6. The van der Waals surface area contributed by atoms with Crippen molar-refractivity contribution in [2.45, 2.75) is 26.1 Å². The van der Waals surface area contributed by atoms with Crippen molar-refractivity contribution in [3.8, 4) is 5.75 Å². The van der Waals surface area contributed by atoms with Gasteiger partial charge in [-0.3, -0.25) is 0 Å². The number of nitrogens with zero attached hydrogens (tertiary/aromatic N) is 3. The number of rotatable bonds is 5. The molecule has 2 aromatic rings. The molecular formula is C15H17F2N3O2S. The molecule has 1 aromatic heterocycles. The minimum Gasteiger partial charge on any atom is -0.435 e. The van der Waals surface area contributed by atoms with Gasteiger partial charge in [-0.1, -0.05) is 19.1 Å². The SMILES string of the molecule is CCc1nsc(N2CCO[C@@H](c3ccc(OC(F)F)cc3)C2)n1. The lowest BCUT2D eigenvalue weighted by Crippen LogP contribution is -2.38. The second kappa shape index (κ2) is 7.18. The number of hydrogen-bond acceptors (Lipinski definition) is 6. The van der Waals surface area contributed by atoms with Crippen LogP contribution in [0.3, 0.4) is 0 Å². The first-order valence-corrected chi connectivity index (χ1v) is 8.17. The summed E-state index contributed by atoms with van der Waals surface area (Å²) in [6.45, 7) is 1.22. The minimum absolute atomic E-state index is 0.127. The van der Waals surface area contributed by atoms with Crippen LogP contribution in [0.15, 0.2) is 24.3 Å². The molecular weight excluding hydrogens is 324 g/mol. The van der Waals surface area contributed by atoms with E-state index in [0.29, 0.717) is 13.2 Å². The topological polar surface area (TPSA) is 47.5 Å². The van der Waals surface area contributed by atoms with E-state index < -0.39 is 6.61 Å². The maximum absolute atomic E-state index is 12.2. The molecule has 1 aliphatic heterocycles. The molecule has 1 fully saturated rings. The van der Waals surface area contributed by atoms with Crippen LogP contribution in [0.5, 0.6) is 5.75 Å². The third kappa shape index (κ3) is 3.94. The molecule has 23 heavy (non-hydrogen) atoms. The van der Waals surface area contributed by atoms with Crippen LogP contribution in [-0.2, 0) is 11.2 Å². The van der Waals surface area contributed by atoms with Gasteiger partial charge in [0.1, 0.15) is 17.7 Å². The predicted molar refractivity (Wildman–Crippen MR) is 83.3 cm³/mol. The number of ether oxygens (including phenoxy) is 2. The van der Waals surface area contributed by atoms with Crippen molar-refractivity contribution >= 4 is 16.7 Å². The van der Waals surface area contributed by atoms with E-state index in [1.807, 2.05) is 6.92 Å². The highest BCUT2D eigenvalue weighted by Gasteiger charge is 2.24. The van der Waals surface area contributed by atoms with Crippen LogP contribution in [0.4, 0.5) is 13.9 Å². The van der Waals surface area contributed by atoms with Crippen LogP contribution < -0.4 is 9.64 Å². The Kier molecular flexibility index (Phi) is 5.02. The summed E-state index contributed by atoms with van der Waals surface area (Å²) in [5.74, 6) is 0.995. The first-order valence-electron chi connectivity index (χ1n) is 7.39. The lowest BCUT2D eigenvalue weighted by Gasteiger charge is -2.32. The van der Waals surface area contributed by atoms with Gasteiger partial charge in [0.05, 0.1) is 13.2 Å². The van der Waals surface area contributed by atoms with Crippen molar-refractivity contribution in [3.05, 3.63) is 35.7 Å². The number of aryl methyl sites for hydroxylation is 1. The standard InChI is InChI=1S/C15H17F2N3O2S/c1-2-13-18-15(23-19-13)20-7-8-21-12(9-20)10-3-5-11(6-4-10)22-14(16)17/h3-6,12,14H,2,7-9H2,1H3/t12-/m1/s1. The number of alkyl halides is 2. The molecule has 0 N–H and O–H groups in total. The first kappa shape index (κ1) is 16.1. The second-order valence-electron chi connectivity index (χ2n) is 5.10. The van der Waals surface area contributed by atoms with E-state index in [2.05, 4.69) is 19.0 Å². The second-order valence-corrected chi connectivity index (χ2v) is 5.83. The Hall–Kier alpha value is -1.80. The Balaban J connectivity index is 1.68. The normalized spacial score (nSPS) is 18.4. The zero-order valence-corrected chi connectivity index (χ0v) is 13.4. The number of morpholine rings is 1. The molecule has 3 rings (SSSR count). The fourth-order valence-electron chi connectivity index (χ4n) is 2.41. The van der Waals surface area contributed by atoms with Gasteiger partial charge < -0.3 is 14.4 Å². The third-order valence-electron chi connectivity index (χ3n) is 3.59. The number of aromatic nitrogens is 2. The van der Waals surface area contributed by atoms with E-state index in [0.717, 1.165) is 29.5 Å². The predicted octanol–water partition coefficient (Wildman–Crippen LogP) is 3.28. The smallest absolute Gasteiger partial charge is 0.387 e. The van der Waals surface area contributed by atoms with E-state index in [1.54, 1.807) is 12.1 Å². The summed E-state index contributed by atoms with van der Waals surface area (Å²) >= 11 is 1.39. The number of hydrogen-bond donors (Lipinski definition) is 0. The highest BCUT2D eigenvalue weighted by Crippen LogP contribution is 2.28. The summed E-state index contributed by atoms with van der Waals surface area (Å²) < 4.78 is 38.8. The van der Waals surface area contributed by atoms with Crippen molar-refractivity contribution < 1.29 is 18.3 Å². The fraction of sp³-hybridized carbons (Fsp3) is 0.467.